The van der Waals surface area contributed by atoms with E-state index in [1.807, 2.05) is 22.7 Å². The second-order valence-electron chi connectivity index (χ2n) is 15.0. The summed E-state index contributed by atoms with van der Waals surface area (Å²) in [7, 11) is 0. The van der Waals surface area contributed by atoms with Crippen molar-refractivity contribution < 1.29 is 0 Å². The van der Waals surface area contributed by atoms with Crippen molar-refractivity contribution in [3.8, 4) is 0 Å². The zero-order valence-corrected chi connectivity index (χ0v) is 36.8. The van der Waals surface area contributed by atoms with Gasteiger partial charge in [-0.1, -0.05) is 220 Å². The first-order valence-electron chi connectivity index (χ1n) is 21.5. The molecule has 0 N–H and O–H groups in total. The molecule has 0 radical (unpaired) electrons. The monoisotopic (exact) mass is 759 g/mol. The standard InChI is InChI=1S/C43H82S5/c1-5-9-13-17-21-23-27-31-35-39(33-29-25-19-15-11-7-3)37-45-41-42(48-43(44)47-41)46-38-40(34-30-26-20-16-12-8-4)36-32-28-24-22-18-14-10-6-2/h39-40H,5-38H2,1-4H3. The molecule has 0 aliphatic rings. The molecule has 5 heteroatoms. The van der Waals surface area contributed by atoms with E-state index in [0.29, 0.717) is 0 Å². The molecular weight excluding hydrogens is 677 g/mol. The van der Waals surface area contributed by atoms with Crippen molar-refractivity contribution in [2.24, 2.45) is 11.8 Å². The Balaban J connectivity index is 2.63. The summed E-state index contributed by atoms with van der Waals surface area (Å²) < 4.78 is 4.26. The smallest absolute Gasteiger partial charge is 0.113 e. The zero-order valence-electron chi connectivity index (χ0n) is 32.7. The van der Waals surface area contributed by atoms with Gasteiger partial charge in [0.2, 0.25) is 0 Å². The van der Waals surface area contributed by atoms with Gasteiger partial charge in [0.15, 0.2) is 0 Å². The van der Waals surface area contributed by atoms with Gasteiger partial charge in [-0.15, -0.1) is 46.2 Å². The molecule has 0 nitrogen and oxygen atoms in total. The van der Waals surface area contributed by atoms with Gasteiger partial charge >= 0.3 is 0 Å². The van der Waals surface area contributed by atoms with Crippen LogP contribution in [0.3, 0.4) is 0 Å². The van der Waals surface area contributed by atoms with E-state index in [-0.39, 0.29) is 0 Å². The fraction of sp³-hybridized carbons (Fsp3) is 0.930. The van der Waals surface area contributed by atoms with Gasteiger partial charge in [-0.2, -0.15) is 0 Å². The summed E-state index contributed by atoms with van der Waals surface area (Å²) in [6, 6.07) is 0. The van der Waals surface area contributed by atoms with E-state index in [4.69, 9.17) is 12.2 Å². The Morgan fingerprint density at radius 3 is 0.854 bits per heavy atom. The van der Waals surface area contributed by atoms with Gasteiger partial charge in [-0.05, 0) is 37.5 Å². The van der Waals surface area contributed by atoms with Crippen LogP contribution in [0.15, 0.2) is 8.42 Å². The van der Waals surface area contributed by atoms with Crippen LogP contribution in [0.1, 0.15) is 233 Å². The molecule has 1 heterocycles. The molecule has 0 aliphatic carbocycles. The van der Waals surface area contributed by atoms with Crippen molar-refractivity contribution in [3.63, 3.8) is 0 Å². The molecule has 0 fully saturated rings. The number of unbranched alkanes of at least 4 members (excludes halogenated alkanes) is 24. The highest BCUT2D eigenvalue weighted by atomic mass is 32.2. The van der Waals surface area contributed by atoms with Gasteiger partial charge in [0.25, 0.3) is 0 Å². The summed E-state index contributed by atoms with van der Waals surface area (Å²) in [5.41, 5.74) is 0. The first kappa shape index (κ1) is 47.0. The number of hydrogen-bond donors (Lipinski definition) is 0. The van der Waals surface area contributed by atoms with Crippen LogP contribution < -0.4 is 0 Å². The van der Waals surface area contributed by atoms with E-state index < -0.39 is 0 Å². The normalized spacial score (nSPS) is 13.0. The van der Waals surface area contributed by atoms with E-state index >= 15 is 0 Å². The van der Waals surface area contributed by atoms with Crippen LogP contribution in [0.5, 0.6) is 0 Å². The summed E-state index contributed by atoms with van der Waals surface area (Å²) >= 11 is 14.0. The molecule has 284 valence electrons. The molecular formula is C43H82S5. The quantitative estimate of drug-likeness (QED) is 0.0374. The zero-order chi connectivity index (χ0) is 34.8. The van der Waals surface area contributed by atoms with Gasteiger partial charge < -0.3 is 0 Å². The largest absolute Gasteiger partial charge is 0.145 e. The van der Waals surface area contributed by atoms with Crippen LogP contribution in [-0.4, -0.2) is 11.5 Å². The molecule has 48 heavy (non-hydrogen) atoms. The Kier molecular flexibility index (Phi) is 35.6. The van der Waals surface area contributed by atoms with E-state index in [2.05, 4.69) is 51.2 Å². The topological polar surface area (TPSA) is 0 Å². The van der Waals surface area contributed by atoms with Gasteiger partial charge in [0.1, 0.15) is 3.14 Å². The highest BCUT2D eigenvalue weighted by Gasteiger charge is 2.16. The summed E-state index contributed by atoms with van der Waals surface area (Å²) in [5.74, 6) is 4.37. The first-order valence-corrected chi connectivity index (χ1v) is 25.5. The summed E-state index contributed by atoms with van der Waals surface area (Å²) in [6.45, 7) is 9.30. The van der Waals surface area contributed by atoms with Crippen molar-refractivity contribution >= 4 is 58.4 Å². The minimum Gasteiger partial charge on any atom is -0.113 e. The number of hydrogen-bond acceptors (Lipinski definition) is 5. The van der Waals surface area contributed by atoms with Crippen LogP contribution in [-0.2, 0) is 0 Å². The second kappa shape index (κ2) is 36.3. The third kappa shape index (κ3) is 28.5. The maximum absolute atomic E-state index is 5.81. The highest BCUT2D eigenvalue weighted by molar-refractivity contribution is 8.05. The third-order valence-electron chi connectivity index (χ3n) is 10.3. The van der Waals surface area contributed by atoms with Crippen LogP contribution >= 0.6 is 58.4 Å². The Hall–Kier alpha value is 0.970. The molecule has 0 aromatic carbocycles. The lowest BCUT2D eigenvalue weighted by atomic mass is 9.95. The summed E-state index contributed by atoms with van der Waals surface area (Å²) in [5, 5.41) is 0. The summed E-state index contributed by atoms with van der Waals surface area (Å²) in [6.07, 6.45) is 45.7. The van der Waals surface area contributed by atoms with Crippen LogP contribution in [0.4, 0.5) is 0 Å². The predicted molar refractivity (Wildman–Crippen MR) is 232 cm³/mol. The Labute approximate surface area is 324 Å². The third-order valence-corrected chi connectivity index (χ3v) is 16.3. The molecule has 1 aromatic rings. The fourth-order valence-corrected chi connectivity index (χ4v) is 13.5. The van der Waals surface area contributed by atoms with Crippen molar-refractivity contribution in [1.82, 2.24) is 0 Å². The predicted octanol–water partition coefficient (Wildman–Crippen LogP) is 18.5. The Morgan fingerprint density at radius 2 is 0.604 bits per heavy atom. The Morgan fingerprint density at radius 1 is 0.375 bits per heavy atom. The van der Waals surface area contributed by atoms with E-state index in [1.165, 1.54) is 217 Å². The van der Waals surface area contributed by atoms with Gasteiger partial charge in [0.05, 0.1) is 8.42 Å². The van der Waals surface area contributed by atoms with Crippen molar-refractivity contribution in [2.45, 2.75) is 242 Å². The van der Waals surface area contributed by atoms with Crippen LogP contribution in [0.2, 0.25) is 0 Å². The molecule has 0 bridgehead atoms. The molecule has 0 amide bonds. The average Bonchev–Trinajstić information content (AvgIpc) is 3.45. The van der Waals surface area contributed by atoms with Crippen molar-refractivity contribution in [2.75, 3.05) is 11.5 Å². The summed E-state index contributed by atoms with van der Waals surface area (Å²) in [4.78, 5) is 0. The van der Waals surface area contributed by atoms with Gasteiger partial charge in [0, 0.05) is 11.5 Å². The van der Waals surface area contributed by atoms with Gasteiger partial charge in [-0.3, -0.25) is 0 Å². The molecule has 0 saturated heterocycles. The molecule has 0 spiro atoms. The SMILES string of the molecule is CCCCCCCCCCC(CCCCCCCC)CSc1sc(=S)sc1SCC(CCCCCCCC)CCCCCCCCCC. The molecule has 1 aromatic heterocycles. The fourth-order valence-electron chi connectivity index (χ4n) is 7.00. The van der Waals surface area contributed by atoms with Crippen LogP contribution in [0.25, 0.3) is 0 Å². The molecule has 0 aliphatic heterocycles. The lowest BCUT2D eigenvalue weighted by Crippen LogP contribution is -2.05. The molecule has 2 atom stereocenters. The minimum absolute atomic E-state index is 0.877. The number of rotatable bonds is 38. The second-order valence-corrected chi connectivity index (χ2v) is 20.8. The maximum Gasteiger partial charge on any atom is 0.145 e. The van der Waals surface area contributed by atoms with E-state index in [9.17, 15) is 0 Å². The number of thioether (sulfide) groups is 2. The average molecular weight is 759 g/mol. The van der Waals surface area contributed by atoms with Crippen molar-refractivity contribution in [3.05, 3.63) is 3.14 Å². The maximum atomic E-state index is 5.81. The highest BCUT2D eigenvalue weighted by Crippen LogP contribution is 2.43. The van der Waals surface area contributed by atoms with E-state index in [1.54, 1.807) is 8.42 Å². The Bertz CT molecular complexity index is 765. The van der Waals surface area contributed by atoms with Crippen molar-refractivity contribution in [1.29, 1.82) is 0 Å². The lowest BCUT2D eigenvalue weighted by Gasteiger charge is -2.18. The lowest BCUT2D eigenvalue weighted by molar-refractivity contribution is 0.436. The van der Waals surface area contributed by atoms with Crippen LogP contribution in [0, 0.1) is 15.0 Å². The van der Waals surface area contributed by atoms with Gasteiger partial charge in [-0.25, -0.2) is 0 Å². The first-order chi connectivity index (χ1) is 23.6. The van der Waals surface area contributed by atoms with E-state index in [0.717, 1.165) is 15.0 Å². The molecule has 0 saturated carbocycles. The minimum atomic E-state index is 0.877. The molecule has 1 rings (SSSR count). The molecule has 2 unspecified atom stereocenters.